The average molecular weight is 346 g/mol. The van der Waals surface area contributed by atoms with Gasteiger partial charge in [-0.2, -0.15) is 0 Å². The highest BCUT2D eigenvalue weighted by Crippen LogP contribution is 2.28. The number of rotatable bonds is 3. The van der Waals surface area contributed by atoms with E-state index in [0.717, 1.165) is 15.6 Å². The molecule has 1 unspecified atom stereocenters. The molecule has 0 spiro atoms. The minimum Gasteiger partial charge on any atom is -0.388 e. The Balaban J connectivity index is 2.19. The van der Waals surface area contributed by atoms with E-state index < -0.39 is 6.10 Å². The third-order valence-electron chi connectivity index (χ3n) is 2.70. The summed E-state index contributed by atoms with van der Waals surface area (Å²) in [6, 6.07) is 12.9. The Labute approximate surface area is 124 Å². The van der Waals surface area contributed by atoms with Crippen LogP contribution in [0.3, 0.4) is 0 Å². The fourth-order valence-corrected chi connectivity index (χ4v) is 2.36. The Morgan fingerprint density at radius 3 is 2.44 bits per heavy atom. The summed E-state index contributed by atoms with van der Waals surface area (Å²) in [7, 11) is 0. The Kier molecular flexibility index (Phi) is 4.68. The van der Waals surface area contributed by atoms with Gasteiger partial charge in [-0.15, -0.1) is 0 Å². The fourth-order valence-electron chi connectivity index (χ4n) is 1.71. The van der Waals surface area contributed by atoms with E-state index in [2.05, 4.69) is 15.9 Å². The second-order valence-electron chi connectivity index (χ2n) is 3.98. The number of hydrogen-bond donors (Lipinski definition) is 1. The summed E-state index contributed by atoms with van der Waals surface area (Å²) in [5.74, 6) is 0. The number of hydrogen-bond acceptors (Lipinski definition) is 1. The van der Waals surface area contributed by atoms with Crippen LogP contribution in [0.1, 0.15) is 17.2 Å². The monoisotopic (exact) mass is 344 g/mol. The van der Waals surface area contributed by atoms with Gasteiger partial charge in [-0.3, -0.25) is 0 Å². The summed E-state index contributed by atoms with van der Waals surface area (Å²) in [6.07, 6.45) is -0.145. The van der Waals surface area contributed by atoms with Gasteiger partial charge in [-0.25, -0.2) is 0 Å². The highest BCUT2D eigenvalue weighted by atomic mass is 79.9. The lowest BCUT2D eigenvalue weighted by Gasteiger charge is -2.13. The molecule has 2 aromatic rings. The third-order valence-corrected chi connectivity index (χ3v) is 4.30. The molecular formula is C14H11BrCl2O. The first-order chi connectivity index (χ1) is 8.58. The summed E-state index contributed by atoms with van der Waals surface area (Å²) >= 11 is 15.4. The maximum atomic E-state index is 10.2. The molecule has 1 nitrogen and oxygen atoms in total. The van der Waals surface area contributed by atoms with Gasteiger partial charge in [0.05, 0.1) is 11.1 Å². The van der Waals surface area contributed by atoms with E-state index in [1.165, 1.54) is 0 Å². The van der Waals surface area contributed by atoms with Crippen LogP contribution in [0.25, 0.3) is 0 Å². The van der Waals surface area contributed by atoms with Gasteiger partial charge in [-0.1, -0.05) is 47.5 Å². The van der Waals surface area contributed by atoms with Crippen molar-refractivity contribution in [1.82, 2.24) is 0 Å². The number of aliphatic hydroxyl groups excluding tert-OH is 1. The van der Waals surface area contributed by atoms with Crippen LogP contribution < -0.4 is 0 Å². The molecule has 0 aliphatic carbocycles. The quantitative estimate of drug-likeness (QED) is 0.826. The molecule has 0 bridgehead atoms. The van der Waals surface area contributed by atoms with Crippen molar-refractivity contribution in [2.45, 2.75) is 12.5 Å². The molecular weight excluding hydrogens is 335 g/mol. The van der Waals surface area contributed by atoms with Crippen molar-refractivity contribution >= 4 is 39.1 Å². The van der Waals surface area contributed by atoms with Gasteiger partial charge in [0.1, 0.15) is 0 Å². The van der Waals surface area contributed by atoms with Crippen molar-refractivity contribution in [3.63, 3.8) is 0 Å². The van der Waals surface area contributed by atoms with Crippen molar-refractivity contribution in [1.29, 1.82) is 0 Å². The van der Waals surface area contributed by atoms with Crippen LogP contribution in [-0.2, 0) is 6.42 Å². The molecule has 2 rings (SSSR count). The Morgan fingerprint density at radius 2 is 1.78 bits per heavy atom. The molecule has 4 heteroatoms. The summed E-state index contributed by atoms with van der Waals surface area (Å²) in [5, 5.41) is 11.4. The minimum absolute atomic E-state index is 0.470. The summed E-state index contributed by atoms with van der Waals surface area (Å²) in [4.78, 5) is 0. The predicted octanol–water partition coefficient (Wildman–Crippen LogP) is 5.03. The molecule has 0 aliphatic rings. The van der Waals surface area contributed by atoms with E-state index in [0.29, 0.717) is 16.5 Å². The van der Waals surface area contributed by atoms with E-state index in [4.69, 9.17) is 23.2 Å². The van der Waals surface area contributed by atoms with Gasteiger partial charge in [0.15, 0.2) is 0 Å². The molecule has 0 saturated heterocycles. The van der Waals surface area contributed by atoms with Gasteiger partial charge in [0.25, 0.3) is 0 Å². The van der Waals surface area contributed by atoms with Crippen LogP contribution >= 0.6 is 39.1 Å². The Morgan fingerprint density at radius 1 is 1.06 bits per heavy atom. The van der Waals surface area contributed by atoms with Gasteiger partial charge in [-0.05, 0) is 45.3 Å². The highest BCUT2D eigenvalue weighted by Gasteiger charge is 2.11. The third kappa shape index (κ3) is 3.27. The Bertz CT molecular complexity index is 557. The Hall–Kier alpha value is -0.540. The van der Waals surface area contributed by atoms with Gasteiger partial charge in [0, 0.05) is 15.9 Å². The molecule has 0 radical (unpaired) electrons. The lowest BCUT2D eigenvalue weighted by atomic mass is 10.0. The maximum Gasteiger partial charge on any atom is 0.0831 e. The standard InChI is InChI=1S/C14H11BrCl2O/c15-11-6-5-10(7-13(11)17)14(18)8-9-3-1-2-4-12(9)16/h1-7,14,18H,8H2. The van der Waals surface area contributed by atoms with E-state index in [-0.39, 0.29) is 0 Å². The zero-order valence-electron chi connectivity index (χ0n) is 9.41. The molecule has 94 valence electrons. The number of benzene rings is 2. The van der Waals surface area contributed by atoms with Crippen LogP contribution in [0.2, 0.25) is 10.0 Å². The van der Waals surface area contributed by atoms with Crippen molar-refractivity contribution in [3.05, 3.63) is 68.1 Å². The lowest BCUT2D eigenvalue weighted by Crippen LogP contribution is -2.02. The molecule has 0 aliphatic heterocycles. The molecule has 0 fully saturated rings. The number of halogens is 3. The van der Waals surface area contributed by atoms with Crippen LogP contribution in [0.5, 0.6) is 0 Å². The second-order valence-corrected chi connectivity index (χ2v) is 5.65. The average Bonchev–Trinajstić information content (AvgIpc) is 2.35. The summed E-state index contributed by atoms with van der Waals surface area (Å²) in [5.41, 5.74) is 1.70. The molecule has 0 heterocycles. The highest BCUT2D eigenvalue weighted by molar-refractivity contribution is 9.10. The predicted molar refractivity (Wildman–Crippen MR) is 79.3 cm³/mol. The van der Waals surface area contributed by atoms with E-state index in [1.54, 1.807) is 6.07 Å². The molecule has 0 aromatic heterocycles. The molecule has 18 heavy (non-hydrogen) atoms. The van der Waals surface area contributed by atoms with Gasteiger partial charge >= 0.3 is 0 Å². The van der Waals surface area contributed by atoms with Crippen molar-refractivity contribution < 1.29 is 5.11 Å². The molecule has 2 aromatic carbocycles. The minimum atomic E-state index is -0.615. The van der Waals surface area contributed by atoms with Crippen molar-refractivity contribution in [3.8, 4) is 0 Å². The van der Waals surface area contributed by atoms with E-state index >= 15 is 0 Å². The normalized spacial score (nSPS) is 12.4. The summed E-state index contributed by atoms with van der Waals surface area (Å²) < 4.78 is 0.817. The SMILES string of the molecule is OC(Cc1ccccc1Cl)c1ccc(Br)c(Cl)c1. The van der Waals surface area contributed by atoms with Crippen LogP contribution in [0.15, 0.2) is 46.9 Å². The molecule has 0 saturated carbocycles. The maximum absolute atomic E-state index is 10.2. The van der Waals surface area contributed by atoms with Crippen LogP contribution in [0.4, 0.5) is 0 Å². The van der Waals surface area contributed by atoms with E-state index in [9.17, 15) is 5.11 Å². The van der Waals surface area contributed by atoms with Crippen molar-refractivity contribution in [2.75, 3.05) is 0 Å². The summed E-state index contributed by atoms with van der Waals surface area (Å²) in [6.45, 7) is 0. The fraction of sp³-hybridized carbons (Fsp3) is 0.143. The first-order valence-electron chi connectivity index (χ1n) is 5.44. The topological polar surface area (TPSA) is 20.2 Å². The van der Waals surface area contributed by atoms with Gasteiger partial charge in [0.2, 0.25) is 0 Å². The van der Waals surface area contributed by atoms with Gasteiger partial charge < -0.3 is 5.11 Å². The zero-order valence-corrected chi connectivity index (χ0v) is 12.5. The largest absolute Gasteiger partial charge is 0.388 e. The van der Waals surface area contributed by atoms with Crippen LogP contribution in [0, 0.1) is 0 Å². The lowest BCUT2D eigenvalue weighted by molar-refractivity contribution is 0.178. The molecule has 0 amide bonds. The van der Waals surface area contributed by atoms with E-state index in [1.807, 2.05) is 36.4 Å². The van der Waals surface area contributed by atoms with Crippen molar-refractivity contribution in [2.24, 2.45) is 0 Å². The number of aliphatic hydroxyl groups is 1. The second kappa shape index (κ2) is 6.07. The first-order valence-corrected chi connectivity index (χ1v) is 6.99. The molecule has 1 N–H and O–H groups in total. The zero-order chi connectivity index (χ0) is 13.1. The smallest absolute Gasteiger partial charge is 0.0831 e. The molecule has 1 atom stereocenters. The first kappa shape index (κ1) is 13.9. The van der Waals surface area contributed by atoms with Crippen LogP contribution in [-0.4, -0.2) is 5.11 Å².